The van der Waals surface area contributed by atoms with E-state index in [1.807, 2.05) is 37.9 Å². The van der Waals surface area contributed by atoms with Gasteiger partial charge in [0.2, 0.25) is 0 Å². The van der Waals surface area contributed by atoms with E-state index >= 15 is 0 Å². The van der Waals surface area contributed by atoms with Gasteiger partial charge >= 0.3 is 6.03 Å². The molecule has 0 saturated carbocycles. The summed E-state index contributed by atoms with van der Waals surface area (Å²) in [6, 6.07) is 2.07. The molecule has 4 heteroatoms. The van der Waals surface area contributed by atoms with Crippen LogP contribution in [0.4, 0.5) is 4.79 Å². The minimum Gasteiger partial charge on any atom is -0.365 e. The number of urea groups is 1. The fourth-order valence-electron chi connectivity index (χ4n) is 1.92. The Labute approximate surface area is 96.0 Å². The van der Waals surface area contributed by atoms with Crippen LogP contribution in [0, 0.1) is 0 Å². The van der Waals surface area contributed by atoms with Crippen LogP contribution < -0.4 is 5.32 Å². The molecule has 0 aromatic carbocycles. The Kier molecular flexibility index (Phi) is 2.66. The van der Waals surface area contributed by atoms with Crippen LogP contribution in [0.25, 0.3) is 0 Å². The van der Waals surface area contributed by atoms with Gasteiger partial charge in [0.05, 0.1) is 0 Å². The first-order valence-electron chi connectivity index (χ1n) is 5.68. The molecule has 0 aliphatic carbocycles. The topological polar surface area (TPSA) is 48.1 Å². The largest absolute Gasteiger partial charge is 0.365 e. The van der Waals surface area contributed by atoms with Crippen molar-refractivity contribution in [2.24, 2.45) is 0 Å². The van der Waals surface area contributed by atoms with Gasteiger partial charge in [-0.25, -0.2) is 4.79 Å². The number of nitrogens with one attached hydrogen (secondary N) is 2. The number of fused-ring (bicyclic) bond motifs is 1. The molecule has 2 rings (SSSR count). The average molecular weight is 221 g/mol. The molecule has 0 bridgehead atoms. The van der Waals surface area contributed by atoms with E-state index in [9.17, 15) is 4.79 Å². The third kappa shape index (κ3) is 2.38. The van der Waals surface area contributed by atoms with Gasteiger partial charge in [-0.2, -0.15) is 0 Å². The average Bonchev–Trinajstić information content (AvgIpc) is 2.61. The summed E-state index contributed by atoms with van der Waals surface area (Å²) in [5, 5.41) is 2.99. The highest BCUT2D eigenvalue weighted by Gasteiger charge is 2.23. The first-order valence-corrected chi connectivity index (χ1v) is 5.68. The van der Waals surface area contributed by atoms with Gasteiger partial charge in [0, 0.05) is 36.9 Å². The maximum atomic E-state index is 12.0. The highest BCUT2D eigenvalue weighted by atomic mass is 16.2. The zero-order valence-corrected chi connectivity index (χ0v) is 10.1. The minimum atomic E-state index is -0.171. The minimum absolute atomic E-state index is 0.0272. The normalized spacial score (nSPS) is 15.8. The van der Waals surface area contributed by atoms with Gasteiger partial charge in [-0.05, 0) is 32.4 Å². The fourth-order valence-corrected chi connectivity index (χ4v) is 1.92. The van der Waals surface area contributed by atoms with Gasteiger partial charge in [-0.15, -0.1) is 0 Å². The van der Waals surface area contributed by atoms with E-state index in [1.165, 1.54) is 11.3 Å². The zero-order chi connectivity index (χ0) is 11.8. The molecule has 0 saturated heterocycles. The Morgan fingerprint density at radius 1 is 1.50 bits per heavy atom. The molecule has 1 aromatic heterocycles. The maximum absolute atomic E-state index is 12.0. The second-order valence-corrected chi connectivity index (χ2v) is 5.33. The summed E-state index contributed by atoms with van der Waals surface area (Å²) in [6.07, 6.45) is 2.86. The molecule has 1 aliphatic rings. The molecule has 0 spiro atoms. The van der Waals surface area contributed by atoms with Crippen molar-refractivity contribution in [2.75, 3.05) is 6.54 Å². The summed E-state index contributed by atoms with van der Waals surface area (Å²) in [6.45, 7) is 7.49. The number of hydrogen-bond acceptors (Lipinski definition) is 1. The summed E-state index contributed by atoms with van der Waals surface area (Å²) in [5.41, 5.74) is 2.32. The predicted octanol–water partition coefficient (Wildman–Crippen LogP) is 1.88. The highest BCUT2D eigenvalue weighted by Crippen LogP contribution is 2.17. The zero-order valence-electron chi connectivity index (χ0n) is 10.1. The lowest BCUT2D eigenvalue weighted by molar-refractivity contribution is 0.183. The van der Waals surface area contributed by atoms with Crippen LogP contribution in [-0.4, -0.2) is 28.0 Å². The van der Waals surface area contributed by atoms with E-state index in [-0.39, 0.29) is 11.6 Å². The molecule has 2 heterocycles. The summed E-state index contributed by atoms with van der Waals surface area (Å²) < 4.78 is 0. The van der Waals surface area contributed by atoms with Gasteiger partial charge in [0.25, 0.3) is 0 Å². The molecule has 0 unspecified atom stereocenters. The number of amides is 2. The van der Waals surface area contributed by atoms with Crippen molar-refractivity contribution in [1.82, 2.24) is 15.2 Å². The van der Waals surface area contributed by atoms with Crippen LogP contribution >= 0.6 is 0 Å². The highest BCUT2D eigenvalue weighted by molar-refractivity contribution is 5.75. The van der Waals surface area contributed by atoms with E-state index in [4.69, 9.17) is 0 Å². The molecular formula is C12H19N3O. The Balaban J connectivity index is 2.01. The number of hydrogen-bond donors (Lipinski definition) is 2. The van der Waals surface area contributed by atoms with Crippen molar-refractivity contribution in [3.05, 3.63) is 23.5 Å². The number of aromatic nitrogens is 1. The van der Waals surface area contributed by atoms with Gasteiger partial charge in [-0.3, -0.25) is 0 Å². The first-order chi connectivity index (χ1) is 7.46. The molecule has 16 heavy (non-hydrogen) atoms. The van der Waals surface area contributed by atoms with Gasteiger partial charge in [0.1, 0.15) is 0 Å². The van der Waals surface area contributed by atoms with Crippen LogP contribution in [0.3, 0.4) is 0 Å². The number of nitrogens with zero attached hydrogens (tertiary/aromatic N) is 1. The molecular weight excluding hydrogens is 202 g/mol. The Hall–Kier alpha value is -1.45. The summed E-state index contributed by atoms with van der Waals surface area (Å²) >= 11 is 0. The van der Waals surface area contributed by atoms with E-state index in [0.29, 0.717) is 6.54 Å². The van der Waals surface area contributed by atoms with Crippen molar-refractivity contribution in [3.8, 4) is 0 Å². The van der Waals surface area contributed by atoms with Gasteiger partial charge in [-0.1, -0.05) is 0 Å². The van der Waals surface area contributed by atoms with Crippen LogP contribution in [0.1, 0.15) is 32.0 Å². The Bertz CT molecular complexity index is 389. The molecule has 1 aromatic rings. The lowest BCUT2D eigenvalue weighted by Gasteiger charge is -2.31. The Morgan fingerprint density at radius 2 is 2.25 bits per heavy atom. The fraction of sp³-hybridized carbons (Fsp3) is 0.583. The van der Waals surface area contributed by atoms with Crippen molar-refractivity contribution >= 4 is 6.03 Å². The molecule has 1 aliphatic heterocycles. The van der Waals surface area contributed by atoms with Gasteiger partial charge < -0.3 is 15.2 Å². The SMILES string of the molecule is CC(C)(C)NC(=O)N1CCc2[nH]ccc2C1. The summed E-state index contributed by atoms with van der Waals surface area (Å²) in [4.78, 5) is 17.0. The second kappa shape index (κ2) is 3.85. The number of aromatic amines is 1. The lowest BCUT2D eigenvalue weighted by atomic mass is 10.1. The number of carbonyl (C=O) groups is 1. The van der Waals surface area contributed by atoms with Crippen molar-refractivity contribution in [2.45, 2.75) is 39.3 Å². The summed E-state index contributed by atoms with van der Waals surface area (Å²) in [7, 11) is 0. The van der Waals surface area contributed by atoms with E-state index in [1.54, 1.807) is 0 Å². The third-order valence-electron chi connectivity index (χ3n) is 2.69. The number of rotatable bonds is 0. The van der Waals surface area contributed by atoms with E-state index in [0.717, 1.165) is 13.0 Å². The van der Waals surface area contributed by atoms with E-state index < -0.39 is 0 Å². The van der Waals surface area contributed by atoms with Crippen LogP contribution in [0.15, 0.2) is 12.3 Å². The monoisotopic (exact) mass is 221 g/mol. The second-order valence-electron chi connectivity index (χ2n) is 5.33. The molecule has 88 valence electrons. The van der Waals surface area contributed by atoms with Crippen LogP contribution in [0.2, 0.25) is 0 Å². The maximum Gasteiger partial charge on any atom is 0.318 e. The van der Waals surface area contributed by atoms with Crippen LogP contribution in [-0.2, 0) is 13.0 Å². The van der Waals surface area contributed by atoms with Crippen molar-refractivity contribution in [3.63, 3.8) is 0 Å². The van der Waals surface area contributed by atoms with Crippen molar-refractivity contribution in [1.29, 1.82) is 0 Å². The first kappa shape index (κ1) is 11.0. The molecule has 0 fully saturated rings. The van der Waals surface area contributed by atoms with Crippen molar-refractivity contribution < 1.29 is 4.79 Å². The number of carbonyl (C=O) groups excluding carboxylic acids is 1. The standard InChI is InChI=1S/C12H19N3O/c1-12(2,3)14-11(16)15-7-5-10-9(8-15)4-6-13-10/h4,6,13H,5,7-8H2,1-3H3,(H,14,16). The molecule has 2 N–H and O–H groups in total. The molecule has 2 amide bonds. The van der Waals surface area contributed by atoms with Crippen LogP contribution in [0.5, 0.6) is 0 Å². The van der Waals surface area contributed by atoms with Gasteiger partial charge in [0.15, 0.2) is 0 Å². The Morgan fingerprint density at radius 3 is 2.94 bits per heavy atom. The quantitative estimate of drug-likeness (QED) is 0.690. The smallest absolute Gasteiger partial charge is 0.318 e. The number of H-pyrrole nitrogens is 1. The lowest BCUT2D eigenvalue weighted by Crippen LogP contribution is -2.49. The molecule has 0 atom stereocenters. The molecule has 4 nitrogen and oxygen atoms in total. The predicted molar refractivity (Wildman–Crippen MR) is 63.2 cm³/mol. The molecule has 0 radical (unpaired) electrons. The third-order valence-corrected chi connectivity index (χ3v) is 2.69. The van der Waals surface area contributed by atoms with E-state index in [2.05, 4.69) is 10.3 Å². The summed E-state index contributed by atoms with van der Waals surface area (Å²) in [5.74, 6) is 0.